The van der Waals surface area contributed by atoms with Crippen LogP contribution in [0.1, 0.15) is 28.7 Å². The van der Waals surface area contributed by atoms with E-state index < -0.39 is 0 Å². The predicted octanol–water partition coefficient (Wildman–Crippen LogP) is 3.51. The fraction of sp³-hybridized carbons (Fsp3) is 0.267. The normalized spacial score (nSPS) is 10.4. The molecule has 3 heteroatoms. The zero-order chi connectivity index (χ0) is 13.3. The Balaban J connectivity index is 2.59. The van der Waals surface area contributed by atoms with Crippen LogP contribution in [0.2, 0.25) is 0 Å². The molecular weight excluding hydrogens is 226 g/mol. The molecule has 2 rings (SSSR count). The minimum Gasteiger partial charge on any atom is -0.497 e. The van der Waals surface area contributed by atoms with Crippen molar-refractivity contribution in [1.29, 1.82) is 0 Å². The highest BCUT2D eigenvalue weighted by molar-refractivity contribution is 6.02. The molecular formula is C15H17NO2. The number of carbonyl (C=O) groups is 1. The second kappa shape index (κ2) is 4.69. The van der Waals surface area contributed by atoms with Crippen LogP contribution in [-0.4, -0.2) is 17.9 Å². The molecule has 0 amide bonds. The van der Waals surface area contributed by atoms with Gasteiger partial charge < -0.3 is 9.72 Å². The second-order valence-corrected chi connectivity index (χ2v) is 4.41. The highest BCUT2D eigenvalue weighted by atomic mass is 16.5. The Hall–Kier alpha value is -2.03. The van der Waals surface area contributed by atoms with E-state index in [-0.39, 0.29) is 5.78 Å². The number of benzene rings is 1. The number of hydrogen-bond donors (Lipinski definition) is 1. The van der Waals surface area contributed by atoms with Crippen LogP contribution in [0.25, 0.3) is 11.1 Å². The van der Waals surface area contributed by atoms with E-state index in [1.807, 2.05) is 38.1 Å². The SMILES string of the molecule is COc1ccc(-c2c(C)[nH]c(C)c2C(C)=O)cc1. The third-order valence-electron chi connectivity index (χ3n) is 3.11. The molecule has 0 aliphatic carbocycles. The van der Waals surface area contributed by atoms with E-state index in [0.29, 0.717) is 0 Å². The number of aromatic nitrogens is 1. The lowest BCUT2D eigenvalue weighted by molar-refractivity contribution is 0.101. The smallest absolute Gasteiger partial charge is 0.162 e. The monoisotopic (exact) mass is 243 g/mol. The largest absolute Gasteiger partial charge is 0.497 e. The summed E-state index contributed by atoms with van der Waals surface area (Å²) in [4.78, 5) is 15.0. The Labute approximate surface area is 107 Å². The van der Waals surface area contributed by atoms with Crippen molar-refractivity contribution in [3.05, 3.63) is 41.2 Å². The first-order valence-electron chi connectivity index (χ1n) is 5.89. The van der Waals surface area contributed by atoms with Crippen molar-refractivity contribution in [2.24, 2.45) is 0 Å². The Bertz CT molecular complexity index is 579. The molecule has 0 saturated carbocycles. The van der Waals surface area contributed by atoms with Crippen LogP contribution in [0.15, 0.2) is 24.3 Å². The Kier molecular flexibility index (Phi) is 3.24. The average Bonchev–Trinajstić information content (AvgIpc) is 2.64. The number of ether oxygens (including phenoxy) is 1. The van der Waals surface area contributed by atoms with Gasteiger partial charge in [0.15, 0.2) is 5.78 Å². The first kappa shape index (κ1) is 12.4. The fourth-order valence-electron chi connectivity index (χ4n) is 2.34. The number of methoxy groups -OCH3 is 1. The van der Waals surface area contributed by atoms with E-state index in [2.05, 4.69) is 4.98 Å². The van der Waals surface area contributed by atoms with Gasteiger partial charge in [0.2, 0.25) is 0 Å². The summed E-state index contributed by atoms with van der Waals surface area (Å²) in [5.41, 5.74) is 4.73. The van der Waals surface area contributed by atoms with E-state index in [0.717, 1.165) is 33.8 Å². The maximum Gasteiger partial charge on any atom is 0.162 e. The lowest BCUT2D eigenvalue weighted by Gasteiger charge is -2.05. The molecule has 0 fully saturated rings. The summed E-state index contributed by atoms with van der Waals surface area (Å²) in [6.45, 7) is 5.51. The summed E-state index contributed by atoms with van der Waals surface area (Å²) in [6.07, 6.45) is 0. The predicted molar refractivity (Wildman–Crippen MR) is 72.3 cm³/mol. The zero-order valence-corrected chi connectivity index (χ0v) is 11.1. The third-order valence-corrected chi connectivity index (χ3v) is 3.11. The third kappa shape index (κ3) is 2.04. The van der Waals surface area contributed by atoms with Gasteiger partial charge in [-0.3, -0.25) is 4.79 Å². The summed E-state index contributed by atoms with van der Waals surface area (Å²) < 4.78 is 5.14. The molecule has 3 nitrogen and oxygen atoms in total. The van der Waals surface area contributed by atoms with Gasteiger partial charge in [0.05, 0.1) is 7.11 Å². The summed E-state index contributed by atoms with van der Waals surface area (Å²) >= 11 is 0. The second-order valence-electron chi connectivity index (χ2n) is 4.41. The number of carbonyl (C=O) groups excluding carboxylic acids is 1. The highest BCUT2D eigenvalue weighted by Gasteiger charge is 2.17. The molecule has 1 aromatic heterocycles. The minimum atomic E-state index is 0.0858. The van der Waals surface area contributed by atoms with Crippen molar-refractivity contribution in [2.75, 3.05) is 7.11 Å². The first-order chi connectivity index (χ1) is 8.54. The molecule has 0 spiro atoms. The molecule has 1 heterocycles. The number of aryl methyl sites for hydroxylation is 2. The molecule has 18 heavy (non-hydrogen) atoms. The molecule has 1 N–H and O–H groups in total. The average molecular weight is 243 g/mol. The Morgan fingerprint density at radius 3 is 2.22 bits per heavy atom. The Morgan fingerprint density at radius 1 is 1.11 bits per heavy atom. The summed E-state index contributed by atoms with van der Waals surface area (Å²) in [5.74, 6) is 0.899. The number of aromatic amines is 1. The van der Waals surface area contributed by atoms with Gasteiger partial charge in [-0.05, 0) is 38.5 Å². The summed E-state index contributed by atoms with van der Waals surface area (Å²) in [6, 6.07) is 7.75. The van der Waals surface area contributed by atoms with Crippen LogP contribution >= 0.6 is 0 Å². The van der Waals surface area contributed by atoms with Crippen molar-refractivity contribution < 1.29 is 9.53 Å². The maximum absolute atomic E-state index is 11.8. The molecule has 0 atom stereocenters. The van der Waals surface area contributed by atoms with Crippen molar-refractivity contribution in [2.45, 2.75) is 20.8 Å². The number of H-pyrrole nitrogens is 1. The fourth-order valence-corrected chi connectivity index (χ4v) is 2.34. The molecule has 94 valence electrons. The number of nitrogens with one attached hydrogen (secondary N) is 1. The molecule has 2 aromatic rings. The van der Waals surface area contributed by atoms with Gasteiger partial charge in [-0.25, -0.2) is 0 Å². The molecule has 0 aliphatic heterocycles. The van der Waals surface area contributed by atoms with Crippen molar-refractivity contribution >= 4 is 5.78 Å². The van der Waals surface area contributed by atoms with Crippen LogP contribution in [0.4, 0.5) is 0 Å². The lowest BCUT2D eigenvalue weighted by Crippen LogP contribution is -1.95. The van der Waals surface area contributed by atoms with Crippen molar-refractivity contribution in [1.82, 2.24) is 4.98 Å². The number of rotatable bonds is 3. The standard InChI is InChI=1S/C15H17NO2/c1-9-14(11(3)17)15(10(2)16-9)12-5-7-13(18-4)8-6-12/h5-8,16H,1-4H3. The van der Waals surface area contributed by atoms with Crippen LogP contribution in [0.5, 0.6) is 5.75 Å². The number of ketones is 1. The molecule has 0 radical (unpaired) electrons. The van der Waals surface area contributed by atoms with Crippen molar-refractivity contribution in [3.8, 4) is 16.9 Å². The van der Waals surface area contributed by atoms with Crippen LogP contribution in [0.3, 0.4) is 0 Å². The topological polar surface area (TPSA) is 42.1 Å². The number of hydrogen-bond acceptors (Lipinski definition) is 2. The van der Waals surface area contributed by atoms with Gasteiger partial charge in [-0.15, -0.1) is 0 Å². The van der Waals surface area contributed by atoms with Gasteiger partial charge in [0.25, 0.3) is 0 Å². The van der Waals surface area contributed by atoms with E-state index in [1.54, 1.807) is 14.0 Å². The van der Waals surface area contributed by atoms with Gasteiger partial charge in [-0.2, -0.15) is 0 Å². The van der Waals surface area contributed by atoms with Crippen LogP contribution in [0, 0.1) is 13.8 Å². The molecule has 1 aromatic carbocycles. The zero-order valence-electron chi connectivity index (χ0n) is 11.1. The summed E-state index contributed by atoms with van der Waals surface area (Å²) in [5, 5.41) is 0. The van der Waals surface area contributed by atoms with E-state index >= 15 is 0 Å². The van der Waals surface area contributed by atoms with Crippen LogP contribution < -0.4 is 4.74 Å². The first-order valence-corrected chi connectivity index (χ1v) is 5.89. The number of Topliss-reactive ketones (excluding diaryl/α,β-unsaturated/α-hetero) is 1. The summed E-state index contributed by atoms with van der Waals surface area (Å²) in [7, 11) is 1.64. The van der Waals surface area contributed by atoms with Gasteiger partial charge >= 0.3 is 0 Å². The van der Waals surface area contributed by atoms with Gasteiger partial charge in [-0.1, -0.05) is 12.1 Å². The molecule has 0 aliphatic rings. The Morgan fingerprint density at radius 2 is 1.72 bits per heavy atom. The van der Waals surface area contributed by atoms with Crippen molar-refractivity contribution in [3.63, 3.8) is 0 Å². The van der Waals surface area contributed by atoms with Gasteiger partial charge in [0, 0.05) is 22.5 Å². The molecule has 0 unspecified atom stereocenters. The van der Waals surface area contributed by atoms with Crippen LogP contribution in [-0.2, 0) is 0 Å². The van der Waals surface area contributed by atoms with E-state index in [9.17, 15) is 4.79 Å². The van der Waals surface area contributed by atoms with E-state index in [1.165, 1.54) is 0 Å². The van der Waals surface area contributed by atoms with E-state index in [4.69, 9.17) is 4.74 Å². The minimum absolute atomic E-state index is 0.0858. The quantitative estimate of drug-likeness (QED) is 0.838. The molecule has 0 bridgehead atoms. The highest BCUT2D eigenvalue weighted by Crippen LogP contribution is 2.31. The lowest BCUT2D eigenvalue weighted by atomic mass is 9.98. The molecule has 0 saturated heterocycles. The maximum atomic E-state index is 11.8. The van der Waals surface area contributed by atoms with Gasteiger partial charge in [0.1, 0.15) is 5.75 Å².